The van der Waals surface area contributed by atoms with Gasteiger partial charge in [-0.2, -0.15) is 0 Å². The number of thioether (sulfide) groups is 1. The van der Waals surface area contributed by atoms with Crippen molar-refractivity contribution in [3.05, 3.63) is 65.2 Å². The van der Waals surface area contributed by atoms with Gasteiger partial charge >= 0.3 is 0 Å². The topological polar surface area (TPSA) is 38.4 Å². The molecule has 128 valence electrons. The van der Waals surface area contributed by atoms with Gasteiger partial charge in [-0.25, -0.2) is 4.99 Å². The first-order valence-corrected chi connectivity index (χ1v) is 9.64. The highest BCUT2D eigenvalue weighted by atomic mass is 32.2. The molecular weight excluding hydrogens is 312 g/mol. The van der Waals surface area contributed by atoms with E-state index in [1.807, 2.05) is 12.1 Å². The lowest BCUT2D eigenvalue weighted by Gasteiger charge is -2.09. The predicted octanol–water partition coefficient (Wildman–Crippen LogP) is 6.20. The molecule has 0 radical (unpaired) electrons. The monoisotopic (exact) mass is 340 g/mol. The Labute approximate surface area is 150 Å². The SMILES string of the molecule is CC[C@@H](C)c1ccc(N=C(N)SCc2ccc(C(C)C)cc2)cc1. The summed E-state index contributed by atoms with van der Waals surface area (Å²) in [5, 5.41) is 0.610. The van der Waals surface area contributed by atoms with Gasteiger partial charge in [0, 0.05) is 5.75 Å². The molecule has 0 fully saturated rings. The summed E-state index contributed by atoms with van der Waals surface area (Å²) in [6.45, 7) is 8.87. The molecule has 1 atom stereocenters. The van der Waals surface area contributed by atoms with E-state index < -0.39 is 0 Å². The Bertz CT molecular complexity index is 657. The highest BCUT2D eigenvalue weighted by Gasteiger charge is 2.03. The number of amidine groups is 1. The van der Waals surface area contributed by atoms with Crippen molar-refractivity contribution in [2.45, 2.75) is 51.7 Å². The maximum absolute atomic E-state index is 6.07. The first kappa shape index (κ1) is 18.6. The van der Waals surface area contributed by atoms with Gasteiger partial charge in [-0.3, -0.25) is 0 Å². The first-order chi connectivity index (χ1) is 11.5. The molecule has 3 heteroatoms. The Balaban J connectivity index is 1.93. The van der Waals surface area contributed by atoms with E-state index in [9.17, 15) is 0 Å². The minimum absolute atomic E-state index is 0.566. The molecule has 0 heterocycles. The van der Waals surface area contributed by atoms with Crippen LogP contribution in [0.5, 0.6) is 0 Å². The summed E-state index contributed by atoms with van der Waals surface area (Å²) in [6, 6.07) is 17.1. The third-order valence-electron chi connectivity index (χ3n) is 4.35. The maximum atomic E-state index is 6.07. The van der Waals surface area contributed by atoms with Crippen LogP contribution in [0.4, 0.5) is 5.69 Å². The smallest absolute Gasteiger partial charge is 0.159 e. The van der Waals surface area contributed by atoms with Crippen molar-refractivity contribution >= 4 is 22.6 Å². The fourth-order valence-corrected chi connectivity index (χ4v) is 3.11. The first-order valence-electron chi connectivity index (χ1n) is 8.65. The quantitative estimate of drug-likeness (QED) is 0.502. The molecule has 0 saturated carbocycles. The lowest BCUT2D eigenvalue weighted by molar-refractivity contribution is 0.734. The van der Waals surface area contributed by atoms with Crippen molar-refractivity contribution < 1.29 is 0 Å². The van der Waals surface area contributed by atoms with Crippen molar-refractivity contribution in [3.8, 4) is 0 Å². The van der Waals surface area contributed by atoms with Gasteiger partial charge in [0.05, 0.1) is 5.69 Å². The Morgan fingerprint density at radius 1 is 0.958 bits per heavy atom. The molecule has 0 aliphatic rings. The molecule has 0 aliphatic heterocycles. The molecule has 2 aromatic carbocycles. The molecule has 0 spiro atoms. The zero-order chi connectivity index (χ0) is 17.5. The maximum Gasteiger partial charge on any atom is 0.159 e. The molecular formula is C21H28N2S. The summed E-state index contributed by atoms with van der Waals surface area (Å²) in [7, 11) is 0. The normalized spacial score (nSPS) is 13.3. The third-order valence-corrected chi connectivity index (χ3v) is 5.21. The lowest BCUT2D eigenvalue weighted by Crippen LogP contribution is -2.06. The average Bonchev–Trinajstić information content (AvgIpc) is 2.60. The van der Waals surface area contributed by atoms with E-state index in [0.717, 1.165) is 17.9 Å². The fourth-order valence-electron chi connectivity index (χ4n) is 2.43. The van der Waals surface area contributed by atoms with Crippen LogP contribution in [0.15, 0.2) is 53.5 Å². The van der Waals surface area contributed by atoms with Crippen LogP contribution in [0.25, 0.3) is 0 Å². The predicted molar refractivity (Wildman–Crippen MR) is 108 cm³/mol. The van der Waals surface area contributed by atoms with Crippen molar-refractivity contribution in [1.82, 2.24) is 0 Å². The summed E-state index contributed by atoms with van der Waals surface area (Å²) in [4.78, 5) is 4.50. The summed E-state index contributed by atoms with van der Waals surface area (Å²) < 4.78 is 0. The number of aliphatic imine (C=N–C) groups is 1. The zero-order valence-corrected chi connectivity index (χ0v) is 15.9. The van der Waals surface area contributed by atoms with E-state index in [4.69, 9.17) is 5.73 Å². The van der Waals surface area contributed by atoms with E-state index in [1.165, 1.54) is 16.7 Å². The number of hydrogen-bond acceptors (Lipinski definition) is 2. The van der Waals surface area contributed by atoms with E-state index in [2.05, 4.69) is 69.1 Å². The highest BCUT2D eigenvalue weighted by molar-refractivity contribution is 8.13. The number of nitrogens with zero attached hydrogens (tertiary/aromatic N) is 1. The second-order valence-electron chi connectivity index (χ2n) is 6.54. The van der Waals surface area contributed by atoms with Crippen molar-refractivity contribution in [1.29, 1.82) is 0 Å². The van der Waals surface area contributed by atoms with Crippen molar-refractivity contribution in [2.75, 3.05) is 0 Å². The second kappa shape index (κ2) is 8.93. The Hall–Kier alpha value is -1.74. The van der Waals surface area contributed by atoms with Crippen LogP contribution in [-0.2, 0) is 5.75 Å². The molecule has 0 amide bonds. The molecule has 0 bridgehead atoms. The largest absolute Gasteiger partial charge is 0.378 e. The van der Waals surface area contributed by atoms with E-state index in [0.29, 0.717) is 17.0 Å². The molecule has 2 N–H and O–H groups in total. The number of hydrogen-bond donors (Lipinski definition) is 1. The Morgan fingerprint density at radius 3 is 2.08 bits per heavy atom. The van der Waals surface area contributed by atoms with E-state index >= 15 is 0 Å². The van der Waals surface area contributed by atoms with E-state index in [-0.39, 0.29) is 0 Å². The van der Waals surface area contributed by atoms with Gasteiger partial charge in [-0.05, 0) is 47.1 Å². The van der Waals surface area contributed by atoms with Crippen molar-refractivity contribution in [3.63, 3.8) is 0 Å². The minimum Gasteiger partial charge on any atom is -0.378 e. The van der Waals surface area contributed by atoms with Gasteiger partial charge in [0.2, 0.25) is 0 Å². The Morgan fingerprint density at radius 2 is 1.54 bits per heavy atom. The number of nitrogens with two attached hydrogens (primary N) is 1. The van der Waals surface area contributed by atoms with Gasteiger partial charge in [-0.1, -0.05) is 75.9 Å². The molecule has 2 rings (SSSR count). The number of benzene rings is 2. The average molecular weight is 341 g/mol. The lowest BCUT2D eigenvalue weighted by atomic mass is 9.99. The Kier molecular flexibility index (Phi) is 6.92. The van der Waals surface area contributed by atoms with Crippen LogP contribution in [0.3, 0.4) is 0 Å². The minimum atomic E-state index is 0.566. The van der Waals surface area contributed by atoms with Gasteiger partial charge in [0.15, 0.2) is 5.17 Å². The molecule has 0 aromatic heterocycles. The van der Waals surface area contributed by atoms with Crippen LogP contribution in [0, 0.1) is 0 Å². The molecule has 0 unspecified atom stereocenters. The summed E-state index contributed by atoms with van der Waals surface area (Å²) in [5.41, 5.74) is 11.0. The molecule has 2 nitrogen and oxygen atoms in total. The van der Waals surface area contributed by atoms with Crippen LogP contribution >= 0.6 is 11.8 Å². The standard InChI is InChI=1S/C21H28N2S/c1-5-16(4)19-10-12-20(13-11-19)23-21(22)24-14-17-6-8-18(9-7-17)15(2)3/h6-13,15-16H,5,14H2,1-4H3,(H2,22,23)/t16-/m1/s1. The summed E-state index contributed by atoms with van der Waals surface area (Å²) >= 11 is 1.58. The van der Waals surface area contributed by atoms with Crippen LogP contribution in [-0.4, -0.2) is 5.17 Å². The van der Waals surface area contributed by atoms with Crippen LogP contribution < -0.4 is 5.73 Å². The van der Waals surface area contributed by atoms with Crippen LogP contribution in [0.1, 0.15) is 62.6 Å². The van der Waals surface area contributed by atoms with Gasteiger partial charge in [0.1, 0.15) is 0 Å². The van der Waals surface area contributed by atoms with Crippen LogP contribution in [0.2, 0.25) is 0 Å². The van der Waals surface area contributed by atoms with Gasteiger partial charge in [-0.15, -0.1) is 0 Å². The third kappa shape index (κ3) is 5.41. The highest BCUT2D eigenvalue weighted by Crippen LogP contribution is 2.23. The molecule has 0 saturated heterocycles. The van der Waals surface area contributed by atoms with Crippen molar-refractivity contribution in [2.24, 2.45) is 10.7 Å². The van der Waals surface area contributed by atoms with Gasteiger partial charge < -0.3 is 5.73 Å². The van der Waals surface area contributed by atoms with E-state index in [1.54, 1.807) is 11.8 Å². The van der Waals surface area contributed by atoms with Gasteiger partial charge in [0.25, 0.3) is 0 Å². The second-order valence-corrected chi connectivity index (χ2v) is 7.53. The zero-order valence-electron chi connectivity index (χ0n) is 15.1. The number of rotatable bonds is 6. The summed E-state index contributed by atoms with van der Waals surface area (Å²) in [6.07, 6.45) is 1.15. The molecule has 0 aliphatic carbocycles. The molecule has 2 aromatic rings. The fraction of sp³-hybridized carbons (Fsp3) is 0.381. The molecule has 24 heavy (non-hydrogen) atoms. The summed E-state index contributed by atoms with van der Waals surface area (Å²) in [5.74, 6) is 2.00.